The van der Waals surface area contributed by atoms with Crippen LogP contribution in [0.1, 0.15) is 0 Å². The second-order valence-electron chi connectivity index (χ2n) is 5.01. The molecule has 6 nitrogen and oxygen atoms in total. The highest BCUT2D eigenvalue weighted by molar-refractivity contribution is 9.10. The highest BCUT2D eigenvalue weighted by atomic mass is 79.9. The number of anilines is 2. The van der Waals surface area contributed by atoms with Crippen LogP contribution in [0.2, 0.25) is 0 Å². The molecule has 1 atom stereocenters. The molecule has 0 amide bonds. The zero-order valence-electron chi connectivity index (χ0n) is 11.7. The number of nitrogens with zero attached hydrogens (tertiary/aromatic N) is 5. The van der Waals surface area contributed by atoms with Crippen LogP contribution in [0.4, 0.5) is 16.0 Å². The predicted octanol–water partition coefficient (Wildman–Crippen LogP) is 1.46. The topological polar surface area (TPSA) is 65.4 Å². The van der Waals surface area contributed by atoms with Crippen molar-refractivity contribution < 1.29 is 9.50 Å². The first-order valence-electron chi connectivity index (χ1n) is 6.89. The van der Waals surface area contributed by atoms with Crippen molar-refractivity contribution in [2.24, 2.45) is 0 Å². The van der Waals surface area contributed by atoms with Gasteiger partial charge in [0.1, 0.15) is 22.1 Å². The molecule has 0 saturated carbocycles. The van der Waals surface area contributed by atoms with Crippen LogP contribution in [-0.4, -0.2) is 52.3 Å². The van der Waals surface area contributed by atoms with Crippen LogP contribution in [0.25, 0.3) is 0 Å². The molecule has 116 valence electrons. The molecule has 2 aromatic heterocycles. The first kappa shape index (κ1) is 15.1. The molecular formula is C14H15BrFN5O. The van der Waals surface area contributed by atoms with Gasteiger partial charge in [-0.15, -0.1) is 0 Å². The molecule has 8 heteroatoms. The van der Waals surface area contributed by atoms with E-state index in [1.807, 2.05) is 4.90 Å². The lowest BCUT2D eigenvalue weighted by Crippen LogP contribution is -2.55. The zero-order chi connectivity index (χ0) is 15.5. The molecule has 2 aromatic rings. The van der Waals surface area contributed by atoms with Gasteiger partial charge in [0.25, 0.3) is 0 Å². The number of rotatable bonds is 3. The average Bonchev–Trinajstić information content (AvgIpc) is 2.56. The summed E-state index contributed by atoms with van der Waals surface area (Å²) in [7, 11) is 0. The van der Waals surface area contributed by atoms with E-state index in [2.05, 4.69) is 35.8 Å². The van der Waals surface area contributed by atoms with E-state index in [-0.39, 0.29) is 18.5 Å². The maximum atomic E-state index is 13.0. The number of halogens is 2. The Morgan fingerprint density at radius 1 is 1.14 bits per heavy atom. The van der Waals surface area contributed by atoms with E-state index in [4.69, 9.17) is 0 Å². The summed E-state index contributed by atoms with van der Waals surface area (Å²) >= 11 is 3.26. The molecule has 0 aromatic carbocycles. The molecule has 1 aliphatic rings. The SMILES string of the molecule is OCC1CN(c2cnc(Br)cn2)CCN1c1ccc(F)cn1. The lowest BCUT2D eigenvalue weighted by atomic mass is 10.1. The van der Waals surface area contributed by atoms with Gasteiger partial charge in [0.2, 0.25) is 0 Å². The van der Waals surface area contributed by atoms with Gasteiger partial charge < -0.3 is 14.9 Å². The predicted molar refractivity (Wildman–Crippen MR) is 84.4 cm³/mol. The highest BCUT2D eigenvalue weighted by Crippen LogP contribution is 2.21. The van der Waals surface area contributed by atoms with Crippen LogP contribution in [0.3, 0.4) is 0 Å². The van der Waals surface area contributed by atoms with Crippen molar-refractivity contribution in [1.29, 1.82) is 0 Å². The molecule has 1 aliphatic heterocycles. The second kappa shape index (κ2) is 6.53. The summed E-state index contributed by atoms with van der Waals surface area (Å²) in [6, 6.07) is 2.88. The lowest BCUT2D eigenvalue weighted by Gasteiger charge is -2.41. The number of aromatic nitrogens is 3. The van der Waals surface area contributed by atoms with E-state index in [9.17, 15) is 9.50 Å². The Morgan fingerprint density at radius 3 is 2.59 bits per heavy atom. The Morgan fingerprint density at radius 2 is 1.95 bits per heavy atom. The Bertz CT molecular complexity index is 624. The quantitative estimate of drug-likeness (QED) is 0.885. The van der Waals surface area contributed by atoms with Crippen LogP contribution >= 0.6 is 15.9 Å². The fourth-order valence-corrected chi connectivity index (χ4v) is 2.73. The van der Waals surface area contributed by atoms with Crippen LogP contribution < -0.4 is 9.80 Å². The molecule has 0 aliphatic carbocycles. The first-order valence-corrected chi connectivity index (χ1v) is 7.68. The van der Waals surface area contributed by atoms with Gasteiger partial charge in [0.15, 0.2) is 0 Å². The first-order chi connectivity index (χ1) is 10.7. The maximum absolute atomic E-state index is 13.0. The molecule has 1 saturated heterocycles. The van der Waals surface area contributed by atoms with E-state index >= 15 is 0 Å². The van der Waals surface area contributed by atoms with Crippen molar-refractivity contribution in [3.05, 3.63) is 41.1 Å². The standard InChI is InChI=1S/C14H15BrFN5O/c15-12-6-19-14(7-17-12)20-3-4-21(11(8-20)9-22)13-2-1-10(16)5-18-13/h1-2,5-7,11,22H,3-4,8-9H2. The molecule has 0 radical (unpaired) electrons. The number of hydrogen-bond acceptors (Lipinski definition) is 6. The molecule has 1 unspecified atom stereocenters. The van der Waals surface area contributed by atoms with E-state index in [1.165, 1.54) is 12.3 Å². The lowest BCUT2D eigenvalue weighted by molar-refractivity contribution is 0.252. The molecule has 1 N–H and O–H groups in total. The zero-order valence-corrected chi connectivity index (χ0v) is 13.3. The van der Waals surface area contributed by atoms with E-state index in [0.29, 0.717) is 23.5 Å². The number of pyridine rings is 1. The molecule has 0 spiro atoms. The fraction of sp³-hybridized carbons (Fsp3) is 0.357. The van der Waals surface area contributed by atoms with E-state index in [1.54, 1.807) is 18.5 Å². The summed E-state index contributed by atoms with van der Waals surface area (Å²) in [5.41, 5.74) is 0. The second-order valence-corrected chi connectivity index (χ2v) is 5.82. The summed E-state index contributed by atoms with van der Waals surface area (Å²) in [4.78, 5) is 16.7. The van der Waals surface area contributed by atoms with Gasteiger partial charge in [0.05, 0.1) is 31.2 Å². The van der Waals surface area contributed by atoms with Gasteiger partial charge in [-0.1, -0.05) is 0 Å². The Kier molecular flexibility index (Phi) is 4.49. The molecule has 1 fully saturated rings. The van der Waals surface area contributed by atoms with Crippen molar-refractivity contribution in [3.8, 4) is 0 Å². The monoisotopic (exact) mass is 367 g/mol. The summed E-state index contributed by atoms with van der Waals surface area (Å²) in [6.07, 6.45) is 4.54. The van der Waals surface area contributed by atoms with Crippen LogP contribution in [0.5, 0.6) is 0 Å². The number of aliphatic hydroxyl groups excluding tert-OH is 1. The van der Waals surface area contributed by atoms with Crippen LogP contribution in [0, 0.1) is 5.82 Å². The molecule has 0 bridgehead atoms. The Balaban J connectivity index is 1.76. The van der Waals surface area contributed by atoms with E-state index < -0.39 is 0 Å². The van der Waals surface area contributed by atoms with Crippen molar-refractivity contribution in [2.45, 2.75) is 6.04 Å². The van der Waals surface area contributed by atoms with Crippen molar-refractivity contribution in [2.75, 3.05) is 36.0 Å². The van der Waals surface area contributed by atoms with Gasteiger partial charge >= 0.3 is 0 Å². The normalized spacial score (nSPS) is 18.6. The number of hydrogen-bond donors (Lipinski definition) is 1. The van der Waals surface area contributed by atoms with Crippen molar-refractivity contribution in [1.82, 2.24) is 15.0 Å². The van der Waals surface area contributed by atoms with Gasteiger partial charge in [-0.25, -0.2) is 19.3 Å². The largest absolute Gasteiger partial charge is 0.394 e. The maximum Gasteiger partial charge on any atom is 0.147 e. The summed E-state index contributed by atoms with van der Waals surface area (Å²) in [6.45, 7) is 1.98. The van der Waals surface area contributed by atoms with Gasteiger partial charge in [0, 0.05) is 19.6 Å². The minimum absolute atomic E-state index is 0.0144. The van der Waals surface area contributed by atoms with Crippen molar-refractivity contribution >= 4 is 27.6 Å². The Hall–Kier alpha value is -1.80. The molecule has 3 heterocycles. The third kappa shape index (κ3) is 3.17. The Labute approximate surface area is 135 Å². The minimum atomic E-state index is -0.368. The minimum Gasteiger partial charge on any atom is -0.394 e. The van der Waals surface area contributed by atoms with Gasteiger partial charge in [-0.3, -0.25) is 0 Å². The molecule has 22 heavy (non-hydrogen) atoms. The number of aliphatic hydroxyl groups is 1. The smallest absolute Gasteiger partial charge is 0.147 e. The highest BCUT2D eigenvalue weighted by Gasteiger charge is 2.28. The summed E-state index contributed by atoms with van der Waals surface area (Å²) < 4.78 is 13.7. The van der Waals surface area contributed by atoms with Crippen LogP contribution in [-0.2, 0) is 0 Å². The summed E-state index contributed by atoms with van der Waals surface area (Å²) in [5.74, 6) is 1.07. The van der Waals surface area contributed by atoms with Crippen molar-refractivity contribution in [3.63, 3.8) is 0 Å². The third-order valence-electron chi connectivity index (χ3n) is 3.63. The summed E-state index contributed by atoms with van der Waals surface area (Å²) in [5, 5.41) is 9.67. The van der Waals surface area contributed by atoms with E-state index in [0.717, 1.165) is 12.4 Å². The van der Waals surface area contributed by atoms with Crippen LogP contribution in [0.15, 0.2) is 35.3 Å². The molecule has 3 rings (SSSR count). The average molecular weight is 368 g/mol. The third-order valence-corrected chi connectivity index (χ3v) is 4.04. The molecular weight excluding hydrogens is 353 g/mol. The fourth-order valence-electron chi connectivity index (χ4n) is 2.53. The van der Waals surface area contributed by atoms with Gasteiger partial charge in [-0.2, -0.15) is 0 Å². The van der Waals surface area contributed by atoms with Gasteiger partial charge in [-0.05, 0) is 28.1 Å². The number of piperazine rings is 1.